The van der Waals surface area contributed by atoms with E-state index in [1.54, 1.807) is 6.34 Å². The second-order valence-electron chi connectivity index (χ2n) is 9.26. The zero-order chi connectivity index (χ0) is 25.1. The number of hydrogen-bond acceptors (Lipinski definition) is 7. The number of carbonyl (C=O) groups excluding carboxylic acids is 2. The Hall–Kier alpha value is -3.20. The van der Waals surface area contributed by atoms with E-state index < -0.39 is 5.92 Å². The first-order valence-electron chi connectivity index (χ1n) is 12.6. The predicted molar refractivity (Wildman–Crippen MR) is 137 cm³/mol. The molecule has 4 rings (SSSR count). The van der Waals surface area contributed by atoms with Gasteiger partial charge in [0.2, 0.25) is 0 Å². The summed E-state index contributed by atoms with van der Waals surface area (Å²) >= 11 is 0. The largest absolute Gasteiger partial charge is 0.465 e. The molecule has 3 aliphatic rings. The maximum atomic E-state index is 13.0. The number of amidine groups is 1. The van der Waals surface area contributed by atoms with Gasteiger partial charge in [-0.1, -0.05) is 19.9 Å². The number of esters is 1. The molecular formula is C26H36N6O3. The normalized spacial score (nSPS) is 22.5. The van der Waals surface area contributed by atoms with E-state index >= 15 is 0 Å². The van der Waals surface area contributed by atoms with Crippen LogP contribution in [-0.4, -0.2) is 72.3 Å². The molecule has 9 nitrogen and oxygen atoms in total. The van der Waals surface area contributed by atoms with Crippen LogP contribution in [0.1, 0.15) is 56.5 Å². The molecule has 2 N–H and O–H groups in total. The average Bonchev–Trinajstić information content (AvgIpc) is 3.61. The van der Waals surface area contributed by atoms with Gasteiger partial charge < -0.3 is 15.0 Å². The third-order valence-corrected chi connectivity index (χ3v) is 6.88. The van der Waals surface area contributed by atoms with Crippen LogP contribution < -0.4 is 10.7 Å². The summed E-state index contributed by atoms with van der Waals surface area (Å²) < 4.78 is 5.46. The fourth-order valence-corrected chi connectivity index (χ4v) is 4.66. The van der Waals surface area contributed by atoms with Crippen LogP contribution in [-0.2, 0) is 9.53 Å². The summed E-state index contributed by atoms with van der Waals surface area (Å²) in [6.07, 6.45) is 3.68. The number of hydrogen-bond donors (Lipinski definition) is 2. The molecule has 1 fully saturated rings. The molecule has 2 heterocycles. The fourth-order valence-electron chi connectivity index (χ4n) is 4.66. The lowest BCUT2D eigenvalue weighted by Crippen LogP contribution is -2.53. The third kappa shape index (κ3) is 5.24. The Morgan fingerprint density at radius 3 is 2.63 bits per heavy atom. The Labute approximate surface area is 207 Å². The van der Waals surface area contributed by atoms with E-state index in [2.05, 4.69) is 34.5 Å². The zero-order valence-electron chi connectivity index (χ0n) is 21.3. The second kappa shape index (κ2) is 10.6. The second-order valence-corrected chi connectivity index (χ2v) is 9.26. The molecule has 1 aromatic carbocycles. The van der Waals surface area contributed by atoms with Crippen molar-refractivity contribution in [3.63, 3.8) is 0 Å². The first-order valence-corrected chi connectivity index (χ1v) is 12.6. The highest BCUT2D eigenvalue weighted by atomic mass is 16.5. The molecule has 35 heavy (non-hydrogen) atoms. The van der Waals surface area contributed by atoms with Gasteiger partial charge in [0.15, 0.2) is 5.84 Å². The summed E-state index contributed by atoms with van der Waals surface area (Å²) in [5.41, 5.74) is 7.11. The number of ether oxygens (including phenoxy) is 1. The van der Waals surface area contributed by atoms with Crippen molar-refractivity contribution in [2.45, 2.75) is 59.5 Å². The van der Waals surface area contributed by atoms with Crippen LogP contribution in [0.25, 0.3) is 0 Å². The van der Waals surface area contributed by atoms with Crippen molar-refractivity contribution in [2.24, 2.45) is 15.9 Å². The summed E-state index contributed by atoms with van der Waals surface area (Å²) in [5, 5.41) is 5.03. The number of aryl methyl sites for hydroxylation is 1. The minimum atomic E-state index is -0.429. The van der Waals surface area contributed by atoms with E-state index in [4.69, 9.17) is 9.73 Å². The Bertz CT molecular complexity index is 1070. The van der Waals surface area contributed by atoms with Gasteiger partial charge in [0.25, 0.3) is 5.91 Å². The van der Waals surface area contributed by atoms with E-state index in [-0.39, 0.29) is 24.0 Å². The van der Waals surface area contributed by atoms with Crippen LogP contribution in [0.4, 0.5) is 5.69 Å². The summed E-state index contributed by atoms with van der Waals surface area (Å²) in [6, 6.07) is 5.67. The number of amides is 1. The van der Waals surface area contributed by atoms with E-state index in [9.17, 15) is 9.59 Å². The molecular weight excluding hydrogens is 444 g/mol. The lowest BCUT2D eigenvalue weighted by atomic mass is 9.94. The molecule has 0 saturated heterocycles. The van der Waals surface area contributed by atoms with E-state index in [0.29, 0.717) is 30.2 Å². The van der Waals surface area contributed by atoms with Gasteiger partial charge >= 0.3 is 5.97 Å². The highest BCUT2D eigenvalue weighted by Gasteiger charge is 2.46. The first-order chi connectivity index (χ1) is 16.9. The molecule has 2 aliphatic heterocycles. The quantitative estimate of drug-likeness (QED) is 0.528. The Balaban J connectivity index is 1.70. The fraction of sp³-hybridized carbons (Fsp3) is 0.538. The lowest BCUT2D eigenvalue weighted by molar-refractivity contribution is -0.148. The Morgan fingerprint density at radius 1 is 1.23 bits per heavy atom. The van der Waals surface area contributed by atoms with E-state index in [0.717, 1.165) is 42.8 Å². The van der Waals surface area contributed by atoms with Crippen LogP contribution in [0, 0.1) is 12.8 Å². The number of fused-ring (bicyclic) bond motifs is 1. The third-order valence-electron chi connectivity index (χ3n) is 6.88. The van der Waals surface area contributed by atoms with Crippen LogP contribution in [0.15, 0.2) is 39.5 Å². The topological polar surface area (TPSA) is 98.6 Å². The molecule has 2 unspecified atom stereocenters. The van der Waals surface area contributed by atoms with Gasteiger partial charge in [-0.2, -0.15) is 0 Å². The Kier molecular flexibility index (Phi) is 7.54. The SMILES string of the molecule is CCOC(=O)C1C(C)=C2C(=Nc3cc(C(=O)NC4CC4)ccc3C)N=CNN2C1CN(CC)CC. The van der Waals surface area contributed by atoms with Gasteiger partial charge in [0.1, 0.15) is 18.0 Å². The first kappa shape index (κ1) is 24.9. The molecule has 9 heteroatoms. The highest BCUT2D eigenvalue weighted by molar-refractivity contribution is 6.07. The van der Waals surface area contributed by atoms with Crippen molar-refractivity contribution in [1.29, 1.82) is 0 Å². The van der Waals surface area contributed by atoms with Crippen molar-refractivity contribution >= 4 is 29.7 Å². The van der Waals surface area contributed by atoms with E-state index in [1.165, 1.54) is 0 Å². The van der Waals surface area contributed by atoms with Crippen molar-refractivity contribution in [2.75, 3.05) is 26.2 Å². The smallest absolute Gasteiger partial charge is 0.315 e. The van der Waals surface area contributed by atoms with Crippen LogP contribution in [0.2, 0.25) is 0 Å². The molecule has 1 saturated carbocycles. The van der Waals surface area contributed by atoms with Crippen LogP contribution in [0.3, 0.4) is 0 Å². The van der Waals surface area contributed by atoms with Gasteiger partial charge in [0.05, 0.1) is 18.3 Å². The maximum Gasteiger partial charge on any atom is 0.315 e. The number of nitrogens with zero attached hydrogens (tertiary/aromatic N) is 4. The number of carbonyl (C=O) groups is 2. The minimum absolute atomic E-state index is 0.0812. The zero-order valence-corrected chi connectivity index (χ0v) is 21.3. The van der Waals surface area contributed by atoms with Crippen LogP contribution in [0.5, 0.6) is 0 Å². The molecule has 1 aliphatic carbocycles. The molecule has 0 spiro atoms. The number of benzene rings is 1. The Morgan fingerprint density at radius 2 is 1.97 bits per heavy atom. The number of hydrazine groups is 1. The summed E-state index contributed by atoms with van der Waals surface area (Å²) in [5.74, 6) is -0.232. The molecule has 0 bridgehead atoms. The predicted octanol–water partition coefficient (Wildman–Crippen LogP) is 2.94. The standard InChI is InChI=1S/C26H36N6O3/c1-6-31(7-2)14-21-22(26(34)35-8-3)17(5)23-24(27-15-28-32(21)23)30-20-13-18(10-9-16(20)4)25(33)29-19-11-12-19/h9-10,13,15,19,21-22H,6-8,11-12,14H2,1-5H3,(H,29,33)(H,27,28,30). The molecule has 2 atom stereocenters. The van der Waals surface area contributed by atoms with Gasteiger partial charge in [-0.05, 0) is 70.0 Å². The highest BCUT2D eigenvalue weighted by Crippen LogP contribution is 2.37. The number of rotatable bonds is 9. The van der Waals surface area contributed by atoms with Gasteiger partial charge in [-0.25, -0.2) is 9.98 Å². The molecule has 0 aromatic heterocycles. The molecule has 0 radical (unpaired) electrons. The minimum Gasteiger partial charge on any atom is -0.465 e. The van der Waals surface area contributed by atoms with Crippen molar-refractivity contribution in [1.82, 2.24) is 20.7 Å². The van der Waals surface area contributed by atoms with Crippen molar-refractivity contribution < 1.29 is 14.3 Å². The number of likely N-dealkylation sites (N-methyl/N-ethyl adjacent to an activating group) is 1. The van der Waals surface area contributed by atoms with Crippen LogP contribution >= 0.6 is 0 Å². The molecule has 1 amide bonds. The number of nitrogens with one attached hydrogen (secondary N) is 2. The maximum absolute atomic E-state index is 13.0. The van der Waals surface area contributed by atoms with Gasteiger partial charge in [0, 0.05) is 18.2 Å². The van der Waals surface area contributed by atoms with Gasteiger partial charge in [-0.15, -0.1) is 0 Å². The van der Waals surface area contributed by atoms with E-state index in [1.807, 2.05) is 44.0 Å². The van der Waals surface area contributed by atoms with Gasteiger partial charge in [-0.3, -0.25) is 20.0 Å². The van der Waals surface area contributed by atoms with Crippen molar-refractivity contribution in [3.05, 3.63) is 40.6 Å². The summed E-state index contributed by atoms with van der Waals surface area (Å²) in [7, 11) is 0. The lowest BCUT2D eigenvalue weighted by Gasteiger charge is -2.35. The van der Waals surface area contributed by atoms with Crippen molar-refractivity contribution in [3.8, 4) is 0 Å². The monoisotopic (exact) mass is 480 g/mol. The number of aliphatic imine (C=N–C) groups is 2. The molecule has 188 valence electrons. The average molecular weight is 481 g/mol. The summed E-state index contributed by atoms with van der Waals surface area (Å²) in [4.78, 5) is 37.3. The summed E-state index contributed by atoms with van der Waals surface area (Å²) in [6.45, 7) is 12.8. The molecule has 1 aromatic rings.